The first-order valence-corrected chi connectivity index (χ1v) is 12.4. The molecule has 1 aromatic heterocycles. The average Bonchev–Trinajstić information content (AvgIpc) is 3.33. The van der Waals surface area contributed by atoms with Crippen LogP contribution in [0.25, 0.3) is 5.69 Å². The summed E-state index contributed by atoms with van der Waals surface area (Å²) < 4.78 is 18.6. The van der Waals surface area contributed by atoms with Gasteiger partial charge in [0.05, 0.1) is 25.7 Å². The van der Waals surface area contributed by atoms with Gasteiger partial charge >= 0.3 is 0 Å². The van der Waals surface area contributed by atoms with Crippen LogP contribution in [-0.4, -0.2) is 40.6 Å². The van der Waals surface area contributed by atoms with Crippen LogP contribution in [0.5, 0.6) is 17.2 Å². The average molecular weight is 505 g/mol. The largest absolute Gasteiger partial charge is 0.497 e. The molecule has 3 aromatic carbocycles. The van der Waals surface area contributed by atoms with Crippen LogP contribution < -0.4 is 19.5 Å². The van der Waals surface area contributed by atoms with Crippen molar-refractivity contribution < 1.29 is 19.0 Å². The maximum Gasteiger partial charge on any atom is 0.234 e. The highest BCUT2D eigenvalue weighted by Gasteiger charge is 2.22. The van der Waals surface area contributed by atoms with Gasteiger partial charge in [-0.05, 0) is 67.9 Å². The zero-order valence-corrected chi connectivity index (χ0v) is 21.4. The Kier molecular flexibility index (Phi) is 8.12. The number of ether oxygens (including phenoxy) is 3. The van der Waals surface area contributed by atoms with Crippen molar-refractivity contribution in [2.75, 3.05) is 25.3 Å². The third kappa shape index (κ3) is 5.98. The highest BCUT2D eigenvalue weighted by molar-refractivity contribution is 7.99. The maximum atomic E-state index is 12.8. The predicted octanol–water partition coefficient (Wildman–Crippen LogP) is 5.46. The Bertz CT molecular complexity index is 1310. The van der Waals surface area contributed by atoms with Crippen molar-refractivity contribution in [3.05, 3.63) is 84.2 Å². The number of hydrogen-bond donors (Lipinski definition) is 1. The number of thioether (sulfide) groups is 1. The molecule has 4 rings (SSSR count). The van der Waals surface area contributed by atoms with Gasteiger partial charge in [0.15, 0.2) is 17.1 Å². The van der Waals surface area contributed by atoms with E-state index < -0.39 is 6.10 Å². The monoisotopic (exact) mass is 504 g/mol. The molecule has 186 valence electrons. The van der Waals surface area contributed by atoms with Crippen LogP contribution in [0.2, 0.25) is 0 Å². The van der Waals surface area contributed by atoms with Crippen molar-refractivity contribution >= 4 is 23.4 Å². The van der Waals surface area contributed by atoms with Crippen LogP contribution in [0.3, 0.4) is 0 Å². The number of amides is 1. The summed E-state index contributed by atoms with van der Waals surface area (Å²) in [4.78, 5) is 12.8. The van der Waals surface area contributed by atoms with Gasteiger partial charge in [-0.25, -0.2) is 0 Å². The molecule has 0 saturated carbocycles. The molecule has 8 nitrogen and oxygen atoms in total. The summed E-state index contributed by atoms with van der Waals surface area (Å²) in [6, 6.07) is 22.8. The van der Waals surface area contributed by atoms with Gasteiger partial charge in [0.1, 0.15) is 17.2 Å². The Labute approximate surface area is 214 Å². The lowest BCUT2D eigenvalue weighted by Gasteiger charge is -2.17. The predicted molar refractivity (Wildman–Crippen MR) is 140 cm³/mol. The van der Waals surface area contributed by atoms with Gasteiger partial charge in [0.25, 0.3) is 0 Å². The summed E-state index contributed by atoms with van der Waals surface area (Å²) in [6.45, 7) is 3.88. The maximum absolute atomic E-state index is 12.8. The molecule has 1 N–H and O–H groups in total. The number of aryl methyl sites for hydroxylation is 1. The summed E-state index contributed by atoms with van der Waals surface area (Å²) in [6.07, 6.45) is -0.397. The zero-order chi connectivity index (χ0) is 25.5. The van der Waals surface area contributed by atoms with E-state index in [9.17, 15) is 4.79 Å². The van der Waals surface area contributed by atoms with E-state index in [1.807, 2.05) is 91.2 Å². The molecular weight excluding hydrogens is 476 g/mol. The molecule has 0 spiro atoms. The Morgan fingerprint density at radius 1 is 0.972 bits per heavy atom. The summed E-state index contributed by atoms with van der Waals surface area (Å²) >= 11 is 1.30. The second-order valence-electron chi connectivity index (χ2n) is 7.99. The van der Waals surface area contributed by atoms with Crippen molar-refractivity contribution in [3.8, 4) is 22.9 Å². The normalized spacial score (nSPS) is 11.6. The number of aromatic nitrogens is 3. The Morgan fingerprint density at radius 3 is 2.39 bits per heavy atom. The van der Waals surface area contributed by atoms with Crippen LogP contribution in [0.15, 0.2) is 78.0 Å². The van der Waals surface area contributed by atoms with E-state index in [2.05, 4.69) is 15.5 Å². The van der Waals surface area contributed by atoms with Crippen molar-refractivity contribution in [1.29, 1.82) is 0 Å². The van der Waals surface area contributed by atoms with E-state index in [4.69, 9.17) is 14.2 Å². The van der Waals surface area contributed by atoms with E-state index in [0.717, 1.165) is 17.0 Å². The molecule has 1 heterocycles. The van der Waals surface area contributed by atoms with Crippen LogP contribution in [0.4, 0.5) is 5.69 Å². The highest BCUT2D eigenvalue weighted by Crippen LogP contribution is 2.29. The fraction of sp³-hybridized carbons (Fsp3) is 0.222. The first-order valence-electron chi connectivity index (χ1n) is 11.4. The van der Waals surface area contributed by atoms with Gasteiger partial charge in [-0.15, -0.1) is 10.2 Å². The quantitative estimate of drug-likeness (QED) is 0.287. The zero-order valence-electron chi connectivity index (χ0n) is 20.6. The first-order chi connectivity index (χ1) is 17.5. The molecule has 36 heavy (non-hydrogen) atoms. The number of carbonyl (C=O) groups is 1. The minimum absolute atomic E-state index is 0.149. The third-order valence-corrected chi connectivity index (χ3v) is 6.30. The molecule has 0 aliphatic heterocycles. The van der Waals surface area contributed by atoms with E-state index in [0.29, 0.717) is 28.2 Å². The number of nitrogens with zero attached hydrogens (tertiary/aromatic N) is 3. The molecule has 0 saturated heterocycles. The Morgan fingerprint density at radius 2 is 1.69 bits per heavy atom. The summed E-state index contributed by atoms with van der Waals surface area (Å²) in [5.41, 5.74) is 2.54. The van der Waals surface area contributed by atoms with Crippen molar-refractivity contribution in [2.45, 2.75) is 25.1 Å². The summed E-state index contributed by atoms with van der Waals surface area (Å²) in [5.74, 6) is 2.65. The third-order valence-electron chi connectivity index (χ3n) is 5.37. The van der Waals surface area contributed by atoms with E-state index in [1.54, 1.807) is 14.2 Å². The van der Waals surface area contributed by atoms with Crippen molar-refractivity contribution in [3.63, 3.8) is 0 Å². The smallest absolute Gasteiger partial charge is 0.234 e. The van der Waals surface area contributed by atoms with E-state index >= 15 is 0 Å². The SMILES string of the molecule is COc1ccc(OC(C)c2nnc(SCC(=O)Nc3cc(C)ccc3OC)n2-c2ccccc2)cc1. The molecule has 0 fully saturated rings. The second kappa shape index (κ2) is 11.6. The lowest BCUT2D eigenvalue weighted by Crippen LogP contribution is -2.16. The topological polar surface area (TPSA) is 87.5 Å². The number of anilines is 1. The molecule has 1 atom stereocenters. The van der Waals surface area contributed by atoms with Crippen molar-refractivity contribution in [2.24, 2.45) is 0 Å². The van der Waals surface area contributed by atoms with E-state index in [1.165, 1.54) is 11.8 Å². The number of hydrogen-bond acceptors (Lipinski definition) is 7. The van der Waals surface area contributed by atoms with Gasteiger partial charge in [0, 0.05) is 5.69 Å². The second-order valence-corrected chi connectivity index (χ2v) is 8.93. The van der Waals surface area contributed by atoms with Gasteiger partial charge in [0.2, 0.25) is 5.91 Å². The van der Waals surface area contributed by atoms with Crippen LogP contribution in [0, 0.1) is 6.92 Å². The molecule has 0 aliphatic rings. The van der Waals surface area contributed by atoms with Gasteiger partial charge in [-0.1, -0.05) is 36.0 Å². The first kappa shape index (κ1) is 25.1. The van der Waals surface area contributed by atoms with E-state index in [-0.39, 0.29) is 11.7 Å². The number of para-hydroxylation sites is 1. The number of methoxy groups -OCH3 is 2. The molecule has 0 radical (unpaired) electrons. The van der Waals surface area contributed by atoms with Gasteiger partial charge < -0.3 is 19.5 Å². The van der Waals surface area contributed by atoms with Crippen LogP contribution in [-0.2, 0) is 4.79 Å². The summed E-state index contributed by atoms with van der Waals surface area (Å²) in [5, 5.41) is 12.3. The molecule has 1 unspecified atom stereocenters. The molecule has 0 aliphatic carbocycles. The molecule has 4 aromatic rings. The number of nitrogens with one attached hydrogen (secondary N) is 1. The van der Waals surface area contributed by atoms with Crippen LogP contribution in [0.1, 0.15) is 24.4 Å². The van der Waals surface area contributed by atoms with Gasteiger partial charge in [-0.3, -0.25) is 9.36 Å². The lowest BCUT2D eigenvalue weighted by molar-refractivity contribution is -0.113. The molecule has 0 bridgehead atoms. The Balaban J connectivity index is 1.53. The fourth-order valence-corrected chi connectivity index (χ4v) is 4.36. The fourth-order valence-electron chi connectivity index (χ4n) is 3.60. The Hall–Kier alpha value is -3.98. The summed E-state index contributed by atoms with van der Waals surface area (Å²) in [7, 11) is 3.20. The number of rotatable bonds is 10. The van der Waals surface area contributed by atoms with Gasteiger partial charge in [-0.2, -0.15) is 0 Å². The van der Waals surface area contributed by atoms with Crippen molar-refractivity contribution in [1.82, 2.24) is 14.8 Å². The van der Waals surface area contributed by atoms with Crippen LogP contribution >= 0.6 is 11.8 Å². The highest BCUT2D eigenvalue weighted by atomic mass is 32.2. The number of carbonyl (C=O) groups excluding carboxylic acids is 1. The molecule has 9 heteroatoms. The minimum Gasteiger partial charge on any atom is -0.497 e. The standard InChI is InChI=1S/C27H28N4O4S/c1-18-10-15-24(34-4)23(16-18)28-25(32)17-36-27-30-29-26(31(27)20-8-6-5-7-9-20)19(2)35-22-13-11-21(33-3)12-14-22/h5-16,19H,17H2,1-4H3,(H,28,32). The minimum atomic E-state index is -0.397. The molecule has 1 amide bonds. The lowest BCUT2D eigenvalue weighted by atomic mass is 10.2. The molecular formula is C27H28N4O4S. The number of benzene rings is 3.